The van der Waals surface area contributed by atoms with Gasteiger partial charge in [-0.05, 0) is 62.2 Å². The van der Waals surface area contributed by atoms with Crippen LogP contribution < -0.4 is 14.4 Å². The van der Waals surface area contributed by atoms with E-state index in [0.717, 1.165) is 34.9 Å². The van der Waals surface area contributed by atoms with E-state index in [9.17, 15) is 9.90 Å². The summed E-state index contributed by atoms with van der Waals surface area (Å²) in [5, 5.41) is 9.17. The van der Waals surface area contributed by atoms with Crippen molar-refractivity contribution in [3.63, 3.8) is 0 Å². The zero-order chi connectivity index (χ0) is 24.6. The number of thioether (sulfide) groups is 1. The van der Waals surface area contributed by atoms with Crippen LogP contribution in [0, 0.1) is 0 Å². The summed E-state index contributed by atoms with van der Waals surface area (Å²) < 4.78 is 10.0. The van der Waals surface area contributed by atoms with Crippen molar-refractivity contribution in [1.29, 1.82) is 0 Å². The van der Waals surface area contributed by atoms with E-state index >= 15 is 0 Å². The Kier molecular flexibility index (Phi) is 10.0. The van der Waals surface area contributed by atoms with Crippen molar-refractivity contribution in [2.75, 3.05) is 17.7 Å². The number of carboxylic acid groups (broad SMARTS) is 1. The van der Waals surface area contributed by atoms with Crippen molar-refractivity contribution in [2.45, 2.75) is 87.2 Å². The molecule has 0 amide bonds. The van der Waals surface area contributed by atoms with Crippen molar-refractivity contribution < 1.29 is 14.6 Å². The zero-order valence-electron chi connectivity index (χ0n) is 20.8. The van der Waals surface area contributed by atoms with Gasteiger partial charge in [0.25, 0.3) is 0 Å². The molecular formula is C27H38N2O3S2. The molecule has 1 heterocycles. The number of carboxylic acids is 1. The number of carbonyl (C=O) groups is 1. The minimum Gasteiger partial charge on any atom is -0.489 e. The lowest BCUT2D eigenvalue weighted by Gasteiger charge is -2.38. The second-order valence-corrected chi connectivity index (χ2v) is 10.8. The number of hydrogen-bond donors (Lipinski definition) is 2. The Hall–Kier alpha value is -1.83. The van der Waals surface area contributed by atoms with Crippen molar-refractivity contribution in [2.24, 2.45) is 0 Å². The molecule has 0 bridgehead atoms. The Morgan fingerprint density at radius 3 is 2.47 bits per heavy atom. The van der Waals surface area contributed by atoms with E-state index in [0.29, 0.717) is 0 Å². The summed E-state index contributed by atoms with van der Waals surface area (Å²) in [7, 11) is 0. The van der Waals surface area contributed by atoms with Crippen molar-refractivity contribution in [3.05, 3.63) is 42.5 Å². The maximum absolute atomic E-state index is 11.2. The molecule has 0 spiro atoms. The molecule has 0 aromatic heterocycles. The average molecular weight is 503 g/mol. The van der Waals surface area contributed by atoms with Gasteiger partial charge in [0, 0.05) is 17.8 Å². The number of ether oxygens (including phenoxy) is 1. The van der Waals surface area contributed by atoms with Crippen LogP contribution in [0.4, 0.5) is 11.4 Å². The predicted molar refractivity (Wildman–Crippen MR) is 145 cm³/mol. The van der Waals surface area contributed by atoms with Gasteiger partial charge in [-0.15, -0.1) is 11.8 Å². The monoisotopic (exact) mass is 502 g/mol. The van der Waals surface area contributed by atoms with Crippen molar-refractivity contribution in [3.8, 4) is 5.75 Å². The highest BCUT2D eigenvalue weighted by Gasteiger charge is 2.36. The van der Waals surface area contributed by atoms with E-state index in [4.69, 9.17) is 4.74 Å². The molecule has 1 atom stereocenters. The van der Waals surface area contributed by atoms with E-state index in [-0.39, 0.29) is 12.0 Å². The van der Waals surface area contributed by atoms with Gasteiger partial charge < -0.3 is 14.7 Å². The number of anilines is 2. The standard InChI is InChI=1S/C27H38N2O3S2/c1-5-7-14-27(15-8-6-2)19-29(21-12-10-9-11-13-21)22-17-25(33-4)23(18-24(22)34-28-27)32-20(3)16-26(30)31/h9-13,17-18,20,28H,5-8,14-16,19H2,1-4H3,(H,30,31). The summed E-state index contributed by atoms with van der Waals surface area (Å²) in [5.41, 5.74) is 2.36. The molecule has 34 heavy (non-hydrogen) atoms. The number of rotatable bonds is 12. The maximum atomic E-state index is 11.2. The first-order valence-corrected chi connectivity index (χ1v) is 14.3. The van der Waals surface area contributed by atoms with Crippen LogP contribution in [0.2, 0.25) is 0 Å². The van der Waals surface area contributed by atoms with Crippen molar-refractivity contribution in [1.82, 2.24) is 4.72 Å². The fourth-order valence-electron chi connectivity index (χ4n) is 4.42. The largest absolute Gasteiger partial charge is 0.489 e. The third-order valence-corrected chi connectivity index (χ3v) is 8.09. The Morgan fingerprint density at radius 1 is 1.21 bits per heavy atom. The highest BCUT2D eigenvalue weighted by atomic mass is 32.2. The van der Waals surface area contributed by atoms with Crippen LogP contribution in [0.1, 0.15) is 65.7 Å². The van der Waals surface area contributed by atoms with Crippen LogP contribution in [-0.4, -0.2) is 35.5 Å². The van der Waals surface area contributed by atoms with Crippen LogP contribution in [0.15, 0.2) is 52.3 Å². The molecular weight excluding hydrogens is 464 g/mol. The molecule has 186 valence electrons. The molecule has 0 saturated heterocycles. The van der Waals surface area contributed by atoms with E-state index in [1.54, 1.807) is 23.7 Å². The van der Waals surface area contributed by atoms with Gasteiger partial charge in [0.2, 0.25) is 0 Å². The van der Waals surface area contributed by atoms with Crippen molar-refractivity contribution >= 4 is 41.1 Å². The minimum atomic E-state index is -0.851. The van der Waals surface area contributed by atoms with Crippen LogP contribution >= 0.6 is 23.7 Å². The second-order valence-electron chi connectivity index (χ2n) is 9.11. The average Bonchev–Trinajstić information content (AvgIpc) is 2.98. The van der Waals surface area contributed by atoms with E-state index in [2.05, 4.69) is 65.9 Å². The lowest BCUT2D eigenvalue weighted by atomic mass is 9.87. The van der Waals surface area contributed by atoms with Gasteiger partial charge in [-0.3, -0.25) is 9.52 Å². The van der Waals surface area contributed by atoms with E-state index in [1.165, 1.54) is 37.1 Å². The summed E-state index contributed by atoms with van der Waals surface area (Å²) in [6.07, 6.45) is 8.60. The molecule has 3 rings (SSSR count). The Balaban J connectivity index is 2.06. The molecule has 1 aliphatic heterocycles. The normalized spacial score (nSPS) is 15.9. The van der Waals surface area contributed by atoms with Gasteiger partial charge in [0.05, 0.1) is 21.9 Å². The maximum Gasteiger partial charge on any atom is 0.307 e. The molecule has 0 radical (unpaired) electrons. The third-order valence-electron chi connectivity index (χ3n) is 6.25. The van der Waals surface area contributed by atoms with Gasteiger partial charge >= 0.3 is 5.97 Å². The number of unbranched alkanes of at least 4 members (excludes halogenated alkanes) is 2. The minimum absolute atomic E-state index is 0.00267. The van der Waals surface area contributed by atoms with Crippen LogP contribution in [-0.2, 0) is 4.79 Å². The number of aliphatic carboxylic acids is 1. The highest BCUT2D eigenvalue weighted by Crippen LogP contribution is 2.46. The molecule has 2 aromatic rings. The number of fused-ring (bicyclic) bond motifs is 1. The SMILES string of the molecule is CCCCC1(CCCC)CN(c2ccccc2)c2cc(SC)c(OC(C)CC(=O)O)cc2SN1. The highest BCUT2D eigenvalue weighted by molar-refractivity contribution is 7.98. The molecule has 0 fully saturated rings. The summed E-state index contributed by atoms with van der Waals surface area (Å²) in [4.78, 5) is 15.8. The molecule has 5 nitrogen and oxygen atoms in total. The quantitative estimate of drug-likeness (QED) is 0.230. The molecule has 2 aromatic carbocycles. The van der Waals surface area contributed by atoms with E-state index < -0.39 is 12.1 Å². The summed E-state index contributed by atoms with van der Waals surface area (Å²) in [6.45, 7) is 7.23. The number of hydrogen-bond acceptors (Lipinski definition) is 6. The zero-order valence-corrected chi connectivity index (χ0v) is 22.4. The molecule has 1 unspecified atom stereocenters. The number of benzene rings is 2. The smallest absolute Gasteiger partial charge is 0.307 e. The lowest BCUT2D eigenvalue weighted by Crippen LogP contribution is -2.49. The molecule has 1 aliphatic rings. The first-order valence-electron chi connectivity index (χ1n) is 12.3. The summed E-state index contributed by atoms with van der Waals surface area (Å²) >= 11 is 3.32. The summed E-state index contributed by atoms with van der Waals surface area (Å²) in [5.74, 6) is -0.104. The van der Waals surface area contributed by atoms with Gasteiger partial charge in [-0.1, -0.05) is 57.7 Å². The number of nitrogens with one attached hydrogen (secondary N) is 1. The topological polar surface area (TPSA) is 61.8 Å². The van der Waals surface area contributed by atoms with Gasteiger partial charge in [0.15, 0.2) is 0 Å². The van der Waals surface area contributed by atoms with Crippen LogP contribution in [0.25, 0.3) is 0 Å². The predicted octanol–water partition coefficient (Wildman–Crippen LogP) is 7.52. The van der Waals surface area contributed by atoms with Gasteiger partial charge in [-0.2, -0.15) is 0 Å². The summed E-state index contributed by atoms with van der Waals surface area (Å²) in [6, 6.07) is 14.9. The Labute approximate surface area is 213 Å². The fraction of sp³-hybridized carbons (Fsp3) is 0.519. The molecule has 0 saturated carbocycles. The molecule has 2 N–H and O–H groups in total. The fourth-order valence-corrected chi connectivity index (χ4v) is 5.99. The van der Waals surface area contributed by atoms with Gasteiger partial charge in [-0.25, -0.2) is 0 Å². The first kappa shape index (κ1) is 26.8. The van der Waals surface area contributed by atoms with E-state index in [1.807, 2.05) is 13.2 Å². The van der Waals surface area contributed by atoms with Crippen LogP contribution in [0.3, 0.4) is 0 Å². The third kappa shape index (κ3) is 6.86. The van der Waals surface area contributed by atoms with Gasteiger partial charge in [0.1, 0.15) is 11.9 Å². The number of para-hydroxylation sites is 1. The van der Waals surface area contributed by atoms with Crippen LogP contribution in [0.5, 0.6) is 5.75 Å². The molecule has 0 aliphatic carbocycles. The number of nitrogens with zero attached hydrogens (tertiary/aromatic N) is 1. The lowest BCUT2D eigenvalue weighted by molar-refractivity contribution is -0.138. The Bertz CT molecular complexity index is 931. The molecule has 7 heteroatoms. The first-order chi connectivity index (χ1) is 16.4. The Morgan fingerprint density at radius 2 is 1.88 bits per heavy atom. The second kappa shape index (κ2) is 12.8.